The molecule has 0 bridgehead atoms. The standard InChI is InChI=1S/C14H21N3/c1-4-12(5-1)13-9-16-14(17-10-13)7-11-3-2-6-15-8-11/h9-12,15H,1-8H2. The van der Waals surface area contributed by atoms with Crippen molar-refractivity contribution in [1.82, 2.24) is 15.3 Å². The zero-order valence-corrected chi connectivity index (χ0v) is 10.4. The molecule has 1 aromatic rings. The molecule has 1 atom stereocenters. The van der Waals surface area contributed by atoms with Gasteiger partial charge >= 0.3 is 0 Å². The molecule has 3 nitrogen and oxygen atoms in total. The van der Waals surface area contributed by atoms with E-state index in [4.69, 9.17) is 0 Å². The van der Waals surface area contributed by atoms with E-state index in [0.29, 0.717) is 0 Å². The first kappa shape index (κ1) is 11.1. The highest BCUT2D eigenvalue weighted by atomic mass is 14.9. The van der Waals surface area contributed by atoms with Crippen molar-refractivity contribution in [2.24, 2.45) is 5.92 Å². The number of aromatic nitrogens is 2. The molecule has 0 aromatic carbocycles. The van der Waals surface area contributed by atoms with Gasteiger partial charge in [-0.2, -0.15) is 0 Å². The van der Waals surface area contributed by atoms with Crippen LogP contribution in [0.15, 0.2) is 12.4 Å². The first-order valence-corrected chi connectivity index (χ1v) is 6.93. The van der Waals surface area contributed by atoms with Crippen LogP contribution in [0.1, 0.15) is 49.4 Å². The lowest BCUT2D eigenvalue weighted by Gasteiger charge is -2.25. The first-order chi connectivity index (χ1) is 8.42. The number of hydrogen-bond donors (Lipinski definition) is 1. The van der Waals surface area contributed by atoms with E-state index in [0.717, 1.165) is 30.6 Å². The van der Waals surface area contributed by atoms with Crippen LogP contribution in [0, 0.1) is 5.92 Å². The Labute approximate surface area is 103 Å². The topological polar surface area (TPSA) is 37.8 Å². The van der Waals surface area contributed by atoms with E-state index in [-0.39, 0.29) is 0 Å². The Morgan fingerprint density at radius 3 is 2.53 bits per heavy atom. The molecule has 1 aliphatic heterocycles. The van der Waals surface area contributed by atoms with Gasteiger partial charge in [0.1, 0.15) is 5.82 Å². The molecule has 0 amide bonds. The summed E-state index contributed by atoms with van der Waals surface area (Å²) in [5.74, 6) is 2.51. The van der Waals surface area contributed by atoms with Gasteiger partial charge in [0.15, 0.2) is 0 Å². The van der Waals surface area contributed by atoms with Crippen LogP contribution >= 0.6 is 0 Å². The highest BCUT2D eigenvalue weighted by Crippen LogP contribution is 2.35. The van der Waals surface area contributed by atoms with E-state index in [1.165, 1.54) is 44.2 Å². The third kappa shape index (κ3) is 2.65. The number of nitrogens with zero attached hydrogens (tertiary/aromatic N) is 2. The summed E-state index contributed by atoms with van der Waals surface area (Å²) in [6.45, 7) is 2.31. The number of hydrogen-bond acceptors (Lipinski definition) is 3. The number of nitrogens with one attached hydrogen (secondary N) is 1. The normalized spacial score (nSPS) is 25.5. The summed E-state index contributed by atoms with van der Waals surface area (Å²) in [6, 6.07) is 0. The molecule has 2 heterocycles. The third-order valence-corrected chi connectivity index (χ3v) is 4.17. The fourth-order valence-corrected chi connectivity index (χ4v) is 2.78. The van der Waals surface area contributed by atoms with Gasteiger partial charge in [-0.1, -0.05) is 6.42 Å². The minimum absolute atomic E-state index is 0.735. The predicted octanol–water partition coefficient (Wildman–Crippen LogP) is 2.29. The van der Waals surface area contributed by atoms with Gasteiger partial charge in [0, 0.05) is 18.8 Å². The predicted molar refractivity (Wildman–Crippen MR) is 67.9 cm³/mol. The lowest BCUT2D eigenvalue weighted by atomic mass is 9.81. The van der Waals surface area contributed by atoms with Crippen molar-refractivity contribution in [2.45, 2.75) is 44.4 Å². The van der Waals surface area contributed by atoms with Crippen LogP contribution in [0.2, 0.25) is 0 Å². The van der Waals surface area contributed by atoms with E-state index in [1.807, 2.05) is 0 Å². The molecule has 1 saturated heterocycles. The Kier molecular flexibility index (Phi) is 3.36. The summed E-state index contributed by atoms with van der Waals surface area (Å²) in [4.78, 5) is 9.07. The SMILES string of the molecule is c1nc(CC2CCCNC2)ncc1C1CCC1. The molecule has 1 N–H and O–H groups in total. The monoisotopic (exact) mass is 231 g/mol. The Hall–Kier alpha value is -0.960. The van der Waals surface area contributed by atoms with Crippen molar-refractivity contribution in [1.29, 1.82) is 0 Å². The van der Waals surface area contributed by atoms with E-state index in [1.54, 1.807) is 0 Å². The number of rotatable bonds is 3. The molecular weight excluding hydrogens is 210 g/mol. The van der Waals surface area contributed by atoms with E-state index < -0.39 is 0 Å². The Morgan fingerprint density at radius 2 is 1.94 bits per heavy atom. The second kappa shape index (κ2) is 5.13. The van der Waals surface area contributed by atoms with Crippen molar-refractivity contribution >= 4 is 0 Å². The van der Waals surface area contributed by atoms with Crippen LogP contribution < -0.4 is 5.32 Å². The average molecular weight is 231 g/mol. The van der Waals surface area contributed by atoms with Crippen LogP contribution in [0.25, 0.3) is 0 Å². The minimum Gasteiger partial charge on any atom is -0.316 e. The Morgan fingerprint density at radius 1 is 1.12 bits per heavy atom. The zero-order chi connectivity index (χ0) is 11.5. The maximum atomic E-state index is 4.54. The zero-order valence-electron chi connectivity index (χ0n) is 10.4. The molecule has 1 unspecified atom stereocenters. The van der Waals surface area contributed by atoms with Crippen molar-refractivity contribution in [2.75, 3.05) is 13.1 Å². The second-order valence-corrected chi connectivity index (χ2v) is 5.48. The summed E-state index contributed by atoms with van der Waals surface area (Å²) in [6.07, 6.45) is 11.8. The smallest absolute Gasteiger partial charge is 0.128 e. The fourth-order valence-electron chi connectivity index (χ4n) is 2.78. The minimum atomic E-state index is 0.735. The quantitative estimate of drug-likeness (QED) is 0.867. The molecule has 1 saturated carbocycles. The van der Waals surface area contributed by atoms with Crippen molar-refractivity contribution < 1.29 is 0 Å². The number of piperidine rings is 1. The van der Waals surface area contributed by atoms with Crippen molar-refractivity contribution in [3.8, 4) is 0 Å². The van der Waals surface area contributed by atoms with Gasteiger partial charge in [0.05, 0.1) is 0 Å². The molecule has 3 heteroatoms. The van der Waals surface area contributed by atoms with E-state index in [2.05, 4.69) is 27.7 Å². The van der Waals surface area contributed by atoms with Gasteiger partial charge in [-0.15, -0.1) is 0 Å². The Balaban J connectivity index is 1.59. The average Bonchev–Trinajstić information content (AvgIpc) is 2.31. The largest absolute Gasteiger partial charge is 0.316 e. The van der Waals surface area contributed by atoms with Crippen LogP contribution in [0.3, 0.4) is 0 Å². The molecule has 1 aromatic heterocycles. The van der Waals surface area contributed by atoms with Crippen LogP contribution in [-0.2, 0) is 6.42 Å². The molecule has 17 heavy (non-hydrogen) atoms. The first-order valence-electron chi connectivity index (χ1n) is 6.93. The lowest BCUT2D eigenvalue weighted by Crippen LogP contribution is -2.31. The lowest BCUT2D eigenvalue weighted by molar-refractivity contribution is 0.370. The fraction of sp³-hybridized carbons (Fsp3) is 0.714. The molecule has 1 aliphatic carbocycles. The summed E-state index contributed by atoms with van der Waals surface area (Å²) in [5.41, 5.74) is 1.35. The van der Waals surface area contributed by atoms with Crippen LogP contribution in [-0.4, -0.2) is 23.1 Å². The molecule has 0 spiro atoms. The summed E-state index contributed by atoms with van der Waals surface area (Å²) in [5, 5.41) is 3.45. The molecule has 0 radical (unpaired) electrons. The van der Waals surface area contributed by atoms with Crippen molar-refractivity contribution in [3.05, 3.63) is 23.8 Å². The molecule has 92 valence electrons. The van der Waals surface area contributed by atoms with Gasteiger partial charge in [0.2, 0.25) is 0 Å². The van der Waals surface area contributed by atoms with Crippen molar-refractivity contribution in [3.63, 3.8) is 0 Å². The maximum Gasteiger partial charge on any atom is 0.128 e. The van der Waals surface area contributed by atoms with Gasteiger partial charge < -0.3 is 5.32 Å². The highest BCUT2D eigenvalue weighted by Gasteiger charge is 2.20. The third-order valence-electron chi connectivity index (χ3n) is 4.17. The van der Waals surface area contributed by atoms with Crippen LogP contribution in [0.4, 0.5) is 0 Å². The van der Waals surface area contributed by atoms with Gasteiger partial charge in [-0.3, -0.25) is 0 Å². The summed E-state index contributed by atoms with van der Waals surface area (Å²) in [7, 11) is 0. The summed E-state index contributed by atoms with van der Waals surface area (Å²) >= 11 is 0. The van der Waals surface area contributed by atoms with E-state index >= 15 is 0 Å². The van der Waals surface area contributed by atoms with E-state index in [9.17, 15) is 0 Å². The van der Waals surface area contributed by atoms with Gasteiger partial charge in [0.25, 0.3) is 0 Å². The van der Waals surface area contributed by atoms with Gasteiger partial charge in [-0.05, 0) is 56.2 Å². The molecule has 2 fully saturated rings. The molecule has 2 aliphatic rings. The summed E-state index contributed by atoms with van der Waals surface area (Å²) < 4.78 is 0. The second-order valence-electron chi connectivity index (χ2n) is 5.48. The highest BCUT2D eigenvalue weighted by molar-refractivity contribution is 5.14. The van der Waals surface area contributed by atoms with Crippen LogP contribution in [0.5, 0.6) is 0 Å². The maximum absolute atomic E-state index is 4.54. The Bertz CT molecular complexity index is 350. The molecule has 3 rings (SSSR count). The molecular formula is C14H21N3. The van der Waals surface area contributed by atoms with Gasteiger partial charge in [-0.25, -0.2) is 9.97 Å².